The maximum Gasteiger partial charge on any atom is 0.228 e. The van der Waals surface area contributed by atoms with E-state index in [4.69, 9.17) is 13.9 Å². The van der Waals surface area contributed by atoms with Crippen molar-refractivity contribution >= 4 is 21.7 Å². The lowest BCUT2D eigenvalue weighted by atomic mass is 10.0. The van der Waals surface area contributed by atoms with Gasteiger partial charge in [-0.2, -0.15) is 0 Å². The van der Waals surface area contributed by atoms with Crippen LogP contribution >= 0.6 is 15.9 Å². The molecule has 0 unspecified atom stereocenters. The van der Waals surface area contributed by atoms with Gasteiger partial charge in [0.25, 0.3) is 0 Å². The summed E-state index contributed by atoms with van der Waals surface area (Å²) in [6, 6.07) is 24.2. The second-order valence-corrected chi connectivity index (χ2v) is 7.56. The van der Waals surface area contributed by atoms with E-state index in [1.54, 1.807) is 38.5 Å². The zero-order valence-corrected chi connectivity index (χ0v) is 18.1. The van der Waals surface area contributed by atoms with E-state index in [1.807, 2.05) is 54.6 Å². The Hall–Kier alpha value is -3.31. The van der Waals surface area contributed by atoms with E-state index in [2.05, 4.69) is 15.9 Å². The van der Waals surface area contributed by atoms with Crippen molar-refractivity contribution < 1.29 is 18.7 Å². The van der Waals surface area contributed by atoms with Gasteiger partial charge in [-0.25, -0.2) is 0 Å². The van der Waals surface area contributed by atoms with E-state index < -0.39 is 0 Å². The SMILES string of the molecule is COc1ccc(C(=O)c2oc(-c3ccc(OC)cc3)cc2-c2ccc(Br)cc2)cc1. The number of ether oxygens (including phenoxy) is 2. The third kappa shape index (κ3) is 4.02. The fourth-order valence-corrected chi connectivity index (χ4v) is 3.44. The standard InChI is InChI=1S/C25H19BrO4/c1-28-20-11-5-17(6-12-20)23-15-22(16-3-9-19(26)10-4-16)25(30-23)24(27)18-7-13-21(29-2)14-8-18/h3-15H,1-2H3. The minimum absolute atomic E-state index is 0.185. The Morgan fingerprint density at radius 3 is 1.87 bits per heavy atom. The van der Waals surface area contributed by atoms with Crippen LogP contribution in [-0.2, 0) is 0 Å². The van der Waals surface area contributed by atoms with Gasteiger partial charge in [0.15, 0.2) is 5.76 Å². The minimum Gasteiger partial charge on any atom is -0.497 e. The van der Waals surface area contributed by atoms with Crippen LogP contribution in [-0.4, -0.2) is 20.0 Å². The second-order valence-electron chi connectivity index (χ2n) is 6.65. The van der Waals surface area contributed by atoms with Crippen molar-refractivity contribution in [1.82, 2.24) is 0 Å². The number of halogens is 1. The number of furan rings is 1. The molecule has 0 radical (unpaired) electrons. The highest BCUT2D eigenvalue weighted by atomic mass is 79.9. The molecule has 1 aromatic heterocycles. The summed E-state index contributed by atoms with van der Waals surface area (Å²) in [6.07, 6.45) is 0. The number of benzene rings is 3. The highest BCUT2D eigenvalue weighted by Crippen LogP contribution is 2.35. The first-order valence-corrected chi connectivity index (χ1v) is 10.1. The van der Waals surface area contributed by atoms with Crippen LogP contribution in [0.2, 0.25) is 0 Å². The summed E-state index contributed by atoms with van der Waals surface area (Å²) in [5.74, 6) is 2.18. The molecule has 3 aromatic carbocycles. The molecule has 0 amide bonds. The molecule has 0 N–H and O–H groups in total. The van der Waals surface area contributed by atoms with Gasteiger partial charge in [0.05, 0.1) is 14.2 Å². The second kappa shape index (κ2) is 8.59. The van der Waals surface area contributed by atoms with Gasteiger partial charge >= 0.3 is 0 Å². The van der Waals surface area contributed by atoms with Gasteiger partial charge in [0, 0.05) is 21.2 Å². The molecule has 0 aliphatic heterocycles. The first kappa shape index (κ1) is 20.0. The molecule has 150 valence electrons. The highest BCUT2D eigenvalue weighted by molar-refractivity contribution is 9.10. The number of methoxy groups -OCH3 is 2. The lowest BCUT2D eigenvalue weighted by Crippen LogP contribution is -2.01. The molecule has 0 aliphatic carbocycles. The molecule has 30 heavy (non-hydrogen) atoms. The largest absolute Gasteiger partial charge is 0.497 e. The zero-order valence-electron chi connectivity index (χ0n) is 16.5. The van der Waals surface area contributed by atoms with Crippen LogP contribution < -0.4 is 9.47 Å². The number of hydrogen-bond donors (Lipinski definition) is 0. The number of ketones is 1. The maximum atomic E-state index is 13.3. The molecule has 0 atom stereocenters. The Morgan fingerprint density at radius 2 is 1.30 bits per heavy atom. The van der Waals surface area contributed by atoms with Crippen molar-refractivity contribution in [2.45, 2.75) is 0 Å². The summed E-state index contributed by atoms with van der Waals surface area (Å²) >= 11 is 3.46. The average molecular weight is 463 g/mol. The van der Waals surface area contributed by atoms with Gasteiger partial charge in [0.2, 0.25) is 5.78 Å². The van der Waals surface area contributed by atoms with E-state index in [0.717, 1.165) is 26.9 Å². The zero-order chi connectivity index (χ0) is 21.1. The van der Waals surface area contributed by atoms with Gasteiger partial charge < -0.3 is 13.9 Å². The van der Waals surface area contributed by atoms with Crippen molar-refractivity contribution in [1.29, 1.82) is 0 Å². The third-order valence-electron chi connectivity index (χ3n) is 4.82. The molecule has 4 nitrogen and oxygen atoms in total. The summed E-state index contributed by atoms with van der Waals surface area (Å²) in [5.41, 5.74) is 3.04. The van der Waals surface area contributed by atoms with E-state index >= 15 is 0 Å². The predicted molar refractivity (Wildman–Crippen MR) is 120 cm³/mol. The fraction of sp³-hybridized carbons (Fsp3) is 0.0800. The summed E-state index contributed by atoms with van der Waals surface area (Å²) in [7, 11) is 3.22. The first-order chi connectivity index (χ1) is 14.6. The van der Waals surface area contributed by atoms with Crippen molar-refractivity contribution in [2.24, 2.45) is 0 Å². The molecule has 0 saturated carbocycles. The Kier molecular flexibility index (Phi) is 5.72. The molecule has 0 saturated heterocycles. The van der Waals surface area contributed by atoms with Crippen LogP contribution in [0.15, 0.2) is 87.8 Å². The van der Waals surface area contributed by atoms with Crippen molar-refractivity contribution in [3.8, 4) is 33.9 Å². The van der Waals surface area contributed by atoms with Crippen LogP contribution in [0, 0.1) is 0 Å². The van der Waals surface area contributed by atoms with Crippen LogP contribution in [0.3, 0.4) is 0 Å². The van der Waals surface area contributed by atoms with Crippen LogP contribution in [0.1, 0.15) is 16.1 Å². The average Bonchev–Trinajstić information content (AvgIpc) is 3.24. The monoisotopic (exact) mass is 462 g/mol. The molecule has 1 heterocycles. The van der Waals surface area contributed by atoms with Gasteiger partial charge in [-0.05, 0) is 72.3 Å². The molecule has 0 aliphatic rings. The molecule has 0 bridgehead atoms. The number of carbonyl (C=O) groups excluding carboxylic acids is 1. The van der Waals surface area contributed by atoms with Gasteiger partial charge in [-0.3, -0.25) is 4.79 Å². The van der Waals surface area contributed by atoms with E-state index in [0.29, 0.717) is 22.8 Å². The Bertz CT molecular complexity index is 1160. The van der Waals surface area contributed by atoms with Crippen molar-refractivity contribution in [3.63, 3.8) is 0 Å². The molecule has 5 heteroatoms. The normalized spacial score (nSPS) is 10.6. The van der Waals surface area contributed by atoms with Gasteiger partial charge in [-0.1, -0.05) is 28.1 Å². The van der Waals surface area contributed by atoms with E-state index in [1.165, 1.54) is 0 Å². The highest BCUT2D eigenvalue weighted by Gasteiger charge is 2.22. The molecule has 4 rings (SSSR count). The quantitative estimate of drug-likeness (QED) is 0.302. The molecule has 0 spiro atoms. The van der Waals surface area contributed by atoms with Gasteiger partial charge in [-0.15, -0.1) is 0 Å². The van der Waals surface area contributed by atoms with Crippen LogP contribution in [0.25, 0.3) is 22.5 Å². The topological polar surface area (TPSA) is 48.7 Å². The van der Waals surface area contributed by atoms with E-state index in [9.17, 15) is 4.79 Å². The lowest BCUT2D eigenvalue weighted by molar-refractivity contribution is 0.101. The van der Waals surface area contributed by atoms with Crippen molar-refractivity contribution in [3.05, 3.63) is 94.7 Å². The number of rotatable bonds is 6. The third-order valence-corrected chi connectivity index (χ3v) is 5.35. The molecule has 0 fully saturated rings. The van der Waals surface area contributed by atoms with E-state index in [-0.39, 0.29) is 5.78 Å². The van der Waals surface area contributed by atoms with Gasteiger partial charge in [0.1, 0.15) is 17.3 Å². The molecule has 4 aromatic rings. The number of carbonyl (C=O) groups is 1. The Balaban J connectivity index is 1.80. The minimum atomic E-state index is -0.185. The maximum absolute atomic E-state index is 13.3. The van der Waals surface area contributed by atoms with Crippen LogP contribution in [0.5, 0.6) is 11.5 Å². The molecular weight excluding hydrogens is 444 g/mol. The summed E-state index contributed by atoms with van der Waals surface area (Å²) in [4.78, 5) is 13.3. The summed E-state index contributed by atoms with van der Waals surface area (Å²) in [6.45, 7) is 0. The number of hydrogen-bond acceptors (Lipinski definition) is 4. The molecular formula is C25H19BrO4. The predicted octanol–water partition coefficient (Wildman–Crippen LogP) is 6.62. The Morgan fingerprint density at radius 1 is 0.767 bits per heavy atom. The van der Waals surface area contributed by atoms with Crippen molar-refractivity contribution in [2.75, 3.05) is 14.2 Å². The Labute approximate surface area is 183 Å². The summed E-state index contributed by atoms with van der Waals surface area (Å²) < 4.78 is 17.5. The fourth-order valence-electron chi connectivity index (χ4n) is 3.17. The first-order valence-electron chi connectivity index (χ1n) is 9.32. The summed E-state index contributed by atoms with van der Waals surface area (Å²) in [5, 5.41) is 0. The smallest absolute Gasteiger partial charge is 0.228 e. The lowest BCUT2D eigenvalue weighted by Gasteiger charge is -2.04. The van der Waals surface area contributed by atoms with Crippen LogP contribution in [0.4, 0.5) is 0 Å².